The Kier molecular flexibility index (Phi) is 7.77. The van der Waals surface area contributed by atoms with Crippen LogP contribution in [0, 0.1) is 0 Å². The van der Waals surface area contributed by atoms with E-state index in [1.54, 1.807) is 0 Å². The summed E-state index contributed by atoms with van der Waals surface area (Å²) in [6.07, 6.45) is 9.03. The van der Waals surface area contributed by atoms with Gasteiger partial charge in [0, 0.05) is 15.4 Å². The molecule has 0 aliphatic carbocycles. The van der Waals surface area contributed by atoms with Gasteiger partial charge in [0.2, 0.25) is 0 Å². The van der Waals surface area contributed by atoms with Crippen LogP contribution in [0.4, 0.5) is 0 Å². The van der Waals surface area contributed by atoms with E-state index < -0.39 is 0 Å². The second-order valence-corrected chi connectivity index (χ2v) is 7.45. The molecule has 0 saturated carbocycles. The average molecular weight is 333 g/mol. The van der Waals surface area contributed by atoms with Gasteiger partial charge in [-0.25, -0.2) is 0 Å². The van der Waals surface area contributed by atoms with E-state index in [4.69, 9.17) is 0 Å². The maximum absolute atomic E-state index is 3.85. The van der Waals surface area contributed by atoms with Crippen molar-refractivity contribution in [2.75, 3.05) is 0 Å². The Hall–Kier alpha value is -1.86. The molecule has 1 heteroatoms. The summed E-state index contributed by atoms with van der Waals surface area (Å²) in [6, 6.07) is 19.1. The first-order chi connectivity index (χ1) is 11.8. The van der Waals surface area contributed by atoms with Gasteiger partial charge < -0.3 is 0 Å². The quantitative estimate of drug-likeness (QED) is 0.330. The highest BCUT2D eigenvalue weighted by Gasteiger charge is 2.14. The van der Waals surface area contributed by atoms with E-state index in [1.165, 1.54) is 54.0 Å². The van der Waals surface area contributed by atoms with E-state index in [0.29, 0.717) is 5.92 Å². The lowest BCUT2D eigenvalue weighted by Gasteiger charge is -2.19. The topological polar surface area (TPSA) is 0 Å². The largest absolute Gasteiger partial charge is 0.0985 e. The third-order valence-electron chi connectivity index (χ3n) is 4.57. The Morgan fingerprint density at radius 1 is 0.792 bits per heavy atom. The van der Waals surface area contributed by atoms with Crippen LogP contribution in [0.2, 0.25) is 12.6 Å². The van der Waals surface area contributed by atoms with Gasteiger partial charge in [0.15, 0.2) is 0 Å². The molecule has 0 amide bonds. The highest BCUT2D eigenvalue weighted by Crippen LogP contribution is 2.31. The van der Waals surface area contributed by atoms with Crippen LogP contribution in [-0.4, -0.2) is 9.52 Å². The van der Waals surface area contributed by atoms with Crippen LogP contribution >= 0.6 is 0 Å². The number of benzene rings is 2. The van der Waals surface area contributed by atoms with Crippen molar-refractivity contribution in [2.45, 2.75) is 44.2 Å². The summed E-state index contributed by atoms with van der Waals surface area (Å²) >= 11 is 0. The van der Waals surface area contributed by atoms with E-state index in [9.17, 15) is 0 Å². The zero-order valence-corrected chi connectivity index (χ0v) is 15.8. The molecule has 0 atom stereocenters. The molecule has 0 aliphatic heterocycles. The van der Waals surface area contributed by atoms with Crippen molar-refractivity contribution < 1.29 is 0 Å². The van der Waals surface area contributed by atoms with E-state index >= 15 is 0 Å². The van der Waals surface area contributed by atoms with Crippen LogP contribution in [0.3, 0.4) is 0 Å². The van der Waals surface area contributed by atoms with Crippen molar-refractivity contribution in [3.8, 4) is 0 Å². The van der Waals surface area contributed by atoms with Crippen LogP contribution < -0.4 is 0 Å². The van der Waals surface area contributed by atoms with Crippen molar-refractivity contribution in [3.63, 3.8) is 0 Å². The van der Waals surface area contributed by atoms with Crippen molar-refractivity contribution >= 4 is 21.7 Å². The third-order valence-corrected chi connectivity index (χ3v) is 5.42. The van der Waals surface area contributed by atoms with Gasteiger partial charge in [-0.15, -0.1) is 0 Å². The molecule has 124 valence electrons. The minimum atomic E-state index is 0.479. The van der Waals surface area contributed by atoms with Crippen molar-refractivity contribution in [2.24, 2.45) is 0 Å². The monoisotopic (exact) mass is 332 g/mol. The highest BCUT2D eigenvalue weighted by molar-refractivity contribution is 6.33. The van der Waals surface area contributed by atoms with Gasteiger partial charge >= 0.3 is 0 Å². The van der Waals surface area contributed by atoms with E-state index in [1.807, 2.05) is 12.2 Å². The minimum Gasteiger partial charge on any atom is -0.0985 e. The van der Waals surface area contributed by atoms with E-state index in [2.05, 4.69) is 68.2 Å². The normalized spacial score (nSPS) is 10.8. The molecule has 0 spiro atoms. The standard InChI is InChI=1S/C23H28Si/c1-4-19-10-14-21(15-11-19)23(9-7-6-8-18-24-3)22-16-12-20(5-2)13-17-22/h4-5,10-17,23H,1-2,6-9,18H2,3H3. The molecular formula is C23H28Si. The van der Waals surface area contributed by atoms with Crippen molar-refractivity contribution in [1.29, 1.82) is 0 Å². The maximum atomic E-state index is 3.85. The third kappa shape index (κ3) is 5.35. The zero-order valence-electron chi connectivity index (χ0n) is 14.8. The first kappa shape index (κ1) is 18.5. The summed E-state index contributed by atoms with van der Waals surface area (Å²) in [7, 11) is 1.09. The van der Waals surface area contributed by atoms with Crippen LogP contribution in [-0.2, 0) is 0 Å². The molecule has 0 N–H and O–H groups in total. The molecule has 24 heavy (non-hydrogen) atoms. The molecule has 0 aromatic heterocycles. The van der Waals surface area contributed by atoms with Gasteiger partial charge in [0.05, 0.1) is 0 Å². The first-order valence-corrected chi connectivity index (χ1v) is 10.6. The first-order valence-electron chi connectivity index (χ1n) is 8.88. The molecule has 2 aromatic rings. The molecule has 0 heterocycles. The molecule has 0 aliphatic rings. The predicted octanol–water partition coefficient (Wildman–Crippen LogP) is 6.84. The zero-order chi connectivity index (χ0) is 17.2. The number of hydrogen-bond donors (Lipinski definition) is 0. The lowest BCUT2D eigenvalue weighted by molar-refractivity contribution is 0.618. The average Bonchev–Trinajstić information content (AvgIpc) is 2.65. The Morgan fingerprint density at radius 2 is 1.29 bits per heavy atom. The minimum absolute atomic E-state index is 0.479. The summed E-state index contributed by atoms with van der Waals surface area (Å²) in [5.41, 5.74) is 5.18. The van der Waals surface area contributed by atoms with Crippen molar-refractivity contribution in [1.82, 2.24) is 0 Å². The smallest absolute Gasteiger partial charge is 0.0342 e. The van der Waals surface area contributed by atoms with Gasteiger partial charge in [0.1, 0.15) is 0 Å². The van der Waals surface area contributed by atoms with E-state index in [-0.39, 0.29) is 0 Å². The number of hydrogen-bond acceptors (Lipinski definition) is 0. The number of rotatable bonds is 10. The van der Waals surface area contributed by atoms with Crippen LogP contribution in [0.15, 0.2) is 61.7 Å². The second-order valence-electron chi connectivity index (χ2n) is 6.25. The molecule has 0 bridgehead atoms. The molecule has 2 rings (SSSR count). The molecular weight excluding hydrogens is 304 g/mol. The van der Waals surface area contributed by atoms with Crippen molar-refractivity contribution in [3.05, 3.63) is 83.9 Å². The summed E-state index contributed by atoms with van der Waals surface area (Å²) in [5.74, 6) is 0.479. The Morgan fingerprint density at radius 3 is 1.71 bits per heavy atom. The van der Waals surface area contributed by atoms with Gasteiger partial charge in [-0.05, 0) is 28.7 Å². The van der Waals surface area contributed by atoms with E-state index in [0.717, 1.165) is 9.52 Å². The summed E-state index contributed by atoms with van der Waals surface area (Å²) in [6.45, 7) is 10.0. The van der Waals surface area contributed by atoms with Crippen LogP contribution in [0.25, 0.3) is 12.2 Å². The summed E-state index contributed by atoms with van der Waals surface area (Å²) in [5, 5.41) is 0. The van der Waals surface area contributed by atoms with Gasteiger partial charge in [-0.2, -0.15) is 0 Å². The molecule has 2 radical (unpaired) electrons. The molecule has 2 aromatic carbocycles. The van der Waals surface area contributed by atoms with Gasteiger partial charge in [-0.3, -0.25) is 0 Å². The lowest BCUT2D eigenvalue weighted by Crippen LogP contribution is -2.02. The Labute approximate surface area is 150 Å². The summed E-state index contributed by atoms with van der Waals surface area (Å²) < 4.78 is 0. The van der Waals surface area contributed by atoms with Crippen LogP contribution in [0.1, 0.15) is 53.9 Å². The highest BCUT2D eigenvalue weighted by atomic mass is 28.2. The fourth-order valence-electron chi connectivity index (χ4n) is 3.08. The SMILES string of the molecule is C=Cc1ccc(C(CCCCC[Si]C)c2ccc(C=C)cc2)cc1. The summed E-state index contributed by atoms with van der Waals surface area (Å²) in [4.78, 5) is 0. The fraction of sp³-hybridized carbons (Fsp3) is 0.304. The lowest BCUT2D eigenvalue weighted by atomic mass is 9.86. The van der Waals surface area contributed by atoms with Gasteiger partial charge in [0.25, 0.3) is 0 Å². The second kappa shape index (κ2) is 10.1. The predicted molar refractivity (Wildman–Crippen MR) is 110 cm³/mol. The fourth-order valence-corrected chi connectivity index (χ4v) is 3.69. The van der Waals surface area contributed by atoms with Gasteiger partial charge in [-0.1, -0.05) is 106 Å². The maximum Gasteiger partial charge on any atom is 0.0342 e. The van der Waals surface area contributed by atoms with Crippen LogP contribution in [0.5, 0.6) is 0 Å². The Balaban J connectivity index is 2.15. The number of unbranched alkanes of at least 4 members (excludes halogenated alkanes) is 2. The molecule has 0 unspecified atom stereocenters. The molecule has 0 nitrogen and oxygen atoms in total. The Bertz CT molecular complexity index is 571. The molecule has 0 fully saturated rings. The molecule has 0 saturated heterocycles.